The first-order chi connectivity index (χ1) is 6.58. The number of rotatable bonds is 3. The number of carbonyl (C=O) groups is 1. The summed E-state index contributed by atoms with van der Waals surface area (Å²) in [6, 6.07) is 0. The Labute approximate surface area is 92.2 Å². The molecule has 0 bridgehead atoms. The third-order valence-corrected chi connectivity index (χ3v) is 1.11. The van der Waals surface area contributed by atoms with E-state index in [1.165, 1.54) is 7.11 Å². The normalized spacial score (nSPS) is 9.93. The van der Waals surface area contributed by atoms with E-state index in [0.29, 0.717) is 18.7 Å². The lowest BCUT2D eigenvalue weighted by molar-refractivity contribution is -0.140. The summed E-state index contributed by atoms with van der Waals surface area (Å²) in [4.78, 5) is 10.1. The van der Waals surface area contributed by atoms with Crippen molar-refractivity contribution in [1.82, 2.24) is 0 Å². The second-order valence-corrected chi connectivity index (χ2v) is 2.58. The quantitative estimate of drug-likeness (QED) is 0.491. The third-order valence-electron chi connectivity index (χ3n) is 0.885. The van der Waals surface area contributed by atoms with Crippen LogP contribution in [0, 0.1) is 0 Å². The minimum atomic E-state index is -0.338. The van der Waals surface area contributed by atoms with Gasteiger partial charge in [-0.05, 0) is 6.92 Å². The van der Waals surface area contributed by atoms with Crippen molar-refractivity contribution < 1.29 is 14.6 Å². The van der Waals surface area contributed by atoms with Crippen LogP contribution in [0.1, 0.15) is 27.2 Å². The summed E-state index contributed by atoms with van der Waals surface area (Å²) in [7, 11) is 1.37. The maximum Gasteiger partial charge on any atom is 0.306 e. The molecule has 0 saturated heterocycles. The fourth-order valence-corrected chi connectivity index (χ4v) is 0.376. The second kappa shape index (κ2) is 18.5. The number of esters is 1. The molecule has 0 aromatic rings. The van der Waals surface area contributed by atoms with Gasteiger partial charge in [0, 0.05) is 12.3 Å². The lowest BCUT2D eigenvalue weighted by Crippen LogP contribution is -2.14. The number of hydrogen-bond acceptors (Lipinski definition) is 5. The highest BCUT2D eigenvalue weighted by molar-refractivity contribution is 7.80. The lowest BCUT2D eigenvalue weighted by atomic mass is 10.4. The Morgan fingerprint density at radius 3 is 2.00 bits per heavy atom. The molecule has 0 spiro atoms. The third kappa shape index (κ3) is 29.8. The van der Waals surface area contributed by atoms with Crippen molar-refractivity contribution in [2.24, 2.45) is 5.73 Å². The van der Waals surface area contributed by atoms with Gasteiger partial charge in [0.05, 0.1) is 19.6 Å². The molecular formula is C9H23NO3S. The highest BCUT2D eigenvalue weighted by atomic mass is 32.1. The molecule has 1 unspecified atom stereocenters. The number of aliphatic hydroxyl groups excluding tert-OH is 1. The van der Waals surface area contributed by atoms with Gasteiger partial charge in [-0.25, -0.2) is 0 Å². The van der Waals surface area contributed by atoms with Crippen molar-refractivity contribution in [2.45, 2.75) is 33.3 Å². The molecule has 0 amide bonds. The predicted octanol–water partition coefficient (Wildman–Crippen LogP) is 0.831. The maximum absolute atomic E-state index is 10.1. The first-order valence-corrected chi connectivity index (χ1v) is 5.27. The van der Waals surface area contributed by atoms with Gasteiger partial charge in [0.1, 0.15) is 0 Å². The first-order valence-electron chi connectivity index (χ1n) is 4.64. The topological polar surface area (TPSA) is 72.6 Å². The lowest BCUT2D eigenvalue weighted by Gasteiger charge is -1.91. The number of ether oxygens (including phenoxy) is 1. The Morgan fingerprint density at radius 1 is 1.57 bits per heavy atom. The van der Waals surface area contributed by atoms with Gasteiger partial charge in [-0.15, -0.1) is 0 Å². The van der Waals surface area contributed by atoms with E-state index < -0.39 is 0 Å². The molecule has 0 saturated carbocycles. The molecule has 3 N–H and O–H groups in total. The Bertz CT molecular complexity index is 110. The van der Waals surface area contributed by atoms with Crippen LogP contribution in [0.2, 0.25) is 0 Å². The summed E-state index contributed by atoms with van der Waals surface area (Å²) in [5, 5.41) is 8.24. The van der Waals surface area contributed by atoms with Crippen LogP contribution in [0.3, 0.4) is 0 Å². The van der Waals surface area contributed by atoms with Crippen LogP contribution < -0.4 is 5.73 Å². The maximum atomic E-state index is 10.1. The van der Waals surface area contributed by atoms with Gasteiger partial charge in [0.15, 0.2) is 0 Å². The second-order valence-electron chi connectivity index (χ2n) is 2.13. The van der Waals surface area contributed by atoms with Crippen LogP contribution in [-0.4, -0.2) is 36.6 Å². The van der Waals surface area contributed by atoms with E-state index in [9.17, 15) is 4.79 Å². The van der Waals surface area contributed by atoms with Crippen molar-refractivity contribution in [3.05, 3.63) is 0 Å². The standard InChI is InChI=1S/C4H8O2S.C3H9NO.C2H6/c1-6-4(5)2-3-7;1-3(5)2-4;1-2/h7H,2-3H2,1H3;3,5H,2,4H2,1H3;1-2H3. The zero-order valence-corrected chi connectivity index (χ0v) is 10.4. The molecule has 0 rings (SSSR count). The van der Waals surface area contributed by atoms with Gasteiger partial charge < -0.3 is 15.6 Å². The smallest absolute Gasteiger partial charge is 0.306 e. The SMILES string of the molecule is CC.CC(O)CN.COC(=O)CCS. The minimum Gasteiger partial charge on any atom is -0.469 e. The number of hydrogen-bond donors (Lipinski definition) is 3. The van der Waals surface area contributed by atoms with Crippen LogP contribution in [0.25, 0.3) is 0 Å². The van der Waals surface area contributed by atoms with Crippen molar-refractivity contribution >= 4 is 18.6 Å². The summed E-state index contributed by atoms with van der Waals surface area (Å²) in [5.41, 5.74) is 4.92. The summed E-state index contributed by atoms with van der Waals surface area (Å²) in [6.45, 7) is 6.01. The van der Waals surface area contributed by atoms with Crippen LogP contribution in [-0.2, 0) is 9.53 Å². The summed E-state index contributed by atoms with van der Waals surface area (Å²) in [6.07, 6.45) is 0.0644. The molecule has 0 aliphatic rings. The molecular weight excluding hydrogens is 202 g/mol. The zero-order chi connectivity index (χ0) is 12.0. The van der Waals surface area contributed by atoms with Crippen molar-refractivity contribution in [3.8, 4) is 0 Å². The highest BCUT2D eigenvalue weighted by Gasteiger charge is 1.93. The number of aliphatic hydroxyl groups is 1. The van der Waals surface area contributed by atoms with E-state index in [4.69, 9.17) is 10.8 Å². The van der Waals surface area contributed by atoms with Gasteiger partial charge >= 0.3 is 5.97 Å². The molecule has 88 valence electrons. The van der Waals surface area contributed by atoms with Gasteiger partial charge in [-0.1, -0.05) is 13.8 Å². The van der Waals surface area contributed by atoms with Gasteiger partial charge in [0.25, 0.3) is 0 Å². The van der Waals surface area contributed by atoms with Crippen LogP contribution in [0.5, 0.6) is 0 Å². The molecule has 0 aromatic carbocycles. The fourth-order valence-electron chi connectivity index (χ4n) is 0.193. The number of nitrogens with two attached hydrogens (primary N) is 1. The van der Waals surface area contributed by atoms with E-state index in [0.717, 1.165) is 0 Å². The minimum absolute atomic E-state index is 0.199. The van der Waals surface area contributed by atoms with Gasteiger partial charge in [0.2, 0.25) is 0 Å². The van der Waals surface area contributed by atoms with Gasteiger partial charge in [-0.3, -0.25) is 4.79 Å². The number of methoxy groups -OCH3 is 1. The van der Waals surface area contributed by atoms with Crippen LogP contribution in [0.4, 0.5) is 0 Å². The van der Waals surface area contributed by atoms with Crippen molar-refractivity contribution in [1.29, 1.82) is 0 Å². The van der Waals surface area contributed by atoms with Crippen LogP contribution in [0.15, 0.2) is 0 Å². The number of carbonyl (C=O) groups excluding carboxylic acids is 1. The van der Waals surface area contributed by atoms with Crippen molar-refractivity contribution in [2.75, 3.05) is 19.4 Å². The molecule has 0 fully saturated rings. The van der Waals surface area contributed by atoms with E-state index >= 15 is 0 Å². The highest BCUT2D eigenvalue weighted by Crippen LogP contribution is 1.84. The Morgan fingerprint density at radius 2 is 1.93 bits per heavy atom. The van der Waals surface area contributed by atoms with Crippen LogP contribution >= 0.6 is 12.6 Å². The average molecular weight is 225 g/mol. The molecule has 1 atom stereocenters. The molecule has 4 nitrogen and oxygen atoms in total. The Hall–Kier alpha value is -0.260. The van der Waals surface area contributed by atoms with E-state index in [1.807, 2.05) is 13.8 Å². The zero-order valence-electron chi connectivity index (χ0n) is 9.49. The number of thiol groups is 1. The van der Waals surface area contributed by atoms with E-state index in [2.05, 4.69) is 17.4 Å². The first kappa shape index (κ1) is 19.3. The monoisotopic (exact) mass is 225 g/mol. The fraction of sp³-hybridized carbons (Fsp3) is 0.889. The summed E-state index contributed by atoms with van der Waals surface area (Å²) < 4.78 is 4.30. The summed E-state index contributed by atoms with van der Waals surface area (Å²) in [5.74, 6) is 0.363. The summed E-state index contributed by atoms with van der Waals surface area (Å²) >= 11 is 3.81. The Balaban J connectivity index is -0.000000152. The molecule has 0 radical (unpaired) electrons. The predicted molar refractivity (Wildman–Crippen MR) is 62.6 cm³/mol. The molecule has 0 heterocycles. The molecule has 0 aliphatic carbocycles. The molecule has 0 aliphatic heterocycles. The molecule has 0 aromatic heterocycles. The van der Waals surface area contributed by atoms with E-state index in [-0.39, 0.29) is 12.1 Å². The van der Waals surface area contributed by atoms with Crippen molar-refractivity contribution in [3.63, 3.8) is 0 Å². The Kier molecular flexibility index (Phi) is 25.6. The molecule has 5 heteroatoms. The average Bonchev–Trinajstić information content (AvgIpc) is 2.22. The largest absolute Gasteiger partial charge is 0.469 e. The molecule has 14 heavy (non-hydrogen) atoms. The van der Waals surface area contributed by atoms with E-state index in [1.54, 1.807) is 6.92 Å². The van der Waals surface area contributed by atoms with Gasteiger partial charge in [-0.2, -0.15) is 12.6 Å².